The first-order valence-corrected chi connectivity index (χ1v) is 18.9. The normalized spacial score (nSPS) is 11.4. The molecule has 0 saturated heterocycles. The van der Waals surface area contributed by atoms with Gasteiger partial charge in [0.15, 0.2) is 34.5 Å². The van der Waals surface area contributed by atoms with Gasteiger partial charge in [0.25, 0.3) is 0 Å². The molecule has 6 nitrogen and oxygen atoms in total. The number of ether oxygens (including phenoxy) is 6. The smallest absolute Gasteiger partial charge is 0.161 e. The predicted molar refractivity (Wildman–Crippen MR) is 201 cm³/mol. The average Bonchev–Trinajstić information content (AvgIpc) is 3.11. The number of benzene rings is 4. The van der Waals surface area contributed by atoms with E-state index in [-0.39, 0.29) is 0 Å². The van der Waals surface area contributed by atoms with Crippen LogP contribution in [-0.2, 0) is 0 Å². The van der Waals surface area contributed by atoms with Crippen molar-refractivity contribution in [3.8, 4) is 34.5 Å². The van der Waals surface area contributed by atoms with Crippen molar-refractivity contribution in [3.05, 3.63) is 36.4 Å². The zero-order valence-corrected chi connectivity index (χ0v) is 30.6. The second-order valence-corrected chi connectivity index (χ2v) is 12.7. The van der Waals surface area contributed by atoms with Gasteiger partial charge in [0.1, 0.15) is 0 Å². The van der Waals surface area contributed by atoms with Crippen molar-refractivity contribution < 1.29 is 28.4 Å². The van der Waals surface area contributed by atoms with Crippen LogP contribution in [0.25, 0.3) is 32.3 Å². The van der Waals surface area contributed by atoms with E-state index in [9.17, 15) is 0 Å². The Morgan fingerprint density at radius 3 is 0.667 bits per heavy atom. The number of hydrogen-bond acceptors (Lipinski definition) is 6. The molecule has 0 bridgehead atoms. The van der Waals surface area contributed by atoms with Crippen LogP contribution in [0.3, 0.4) is 0 Å². The molecule has 0 aliphatic heterocycles. The lowest BCUT2D eigenvalue weighted by atomic mass is 9.93. The fourth-order valence-corrected chi connectivity index (χ4v) is 5.93. The molecule has 4 aromatic carbocycles. The highest BCUT2D eigenvalue weighted by atomic mass is 16.5. The average molecular weight is 661 g/mol. The summed E-state index contributed by atoms with van der Waals surface area (Å²) in [6.07, 6.45) is 12.6. The molecule has 0 saturated carbocycles. The predicted octanol–water partition coefficient (Wildman–Crippen LogP) is 12.2. The molecule has 0 atom stereocenters. The largest absolute Gasteiger partial charge is 0.490 e. The Balaban J connectivity index is 2.02. The summed E-state index contributed by atoms with van der Waals surface area (Å²) < 4.78 is 38.4. The van der Waals surface area contributed by atoms with Gasteiger partial charge < -0.3 is 28.4 Å². The van der Waals surface area contributed by atoms with Crippen LogP contribution in [0.2, 0.25) is 0 Å². The van der Waals surface area contributed by atoms with Gasteiger partial charge >= 0.3 is 0 Å². The highest BCUT2D eigenvalue weighted by Gasteiger charge is 2.20. The lowest BCUT2D eigenvalue weighted by Gasteiger charge is -2.20. The molecule has 48 heavy (non-hydrogen) atoms. The Hall–Kier alpha value is -3.54. The third kappa shape index (κ3) is 9.76. The summed E-state index contributed by atoms with van der Waals surface area (Å²) in [6.45, 7) is 16.9. The Kier molecular flexibility index (Phi) is 15.6. The van der Waals surface area contributed by atoms with E-state index in [2.05, 4.69) is 77.9 Å². The second kappa shape index (κ2) is 20.1. The van der Waals surface area contributed by atoms with Gasteiger partial charge in [0, 0.05) is 0 Å². The maximum Gasteiger partial charge on any atom is 0.161 e. The third-order valence-electron chi connectivity index (χ3n) is 8.52. The van der Waals surface area contributed by atoms with Crippen molar-refractivity contribution in [1.82, 2.24) is 0 Å². The zero-order valence-electron chi connectivity index (χ0n) is 30.6. The fourth-order valence-electron chi connectivity index (χ4n) is 5.93. The molecule has 0 radical (unpaired) electrons. The van der Waals surface area contributed by atoms with Gasteiger partial charge in [-0.2, -0.15) is 0 Å². The molecule has 0 unspecified atom stereocenters. The van der Waals surface area contributed by atoms with Crippen LogP contribution in [0.1, 0.15) is 119 Å². The third-order valence-corrected chi connectivity index (χ3v) is 8.52. The molecule has 0 amide bonds. The van der Waals surface area contributed by atoms with Gasteiger partial charge in [-0.15, -0.1) is 0 Å². The first-order valence-electron chi connectivity index (χ1n) is 18.9. The van der Waals surface area contributed by atoms with Crippen LogP contribution in [0.5, 0.6) is 34.5 Å². The van der Waals surface area contributed by atoms with Gasteiger partial charge in [-0.25, -0.2) is 0 Å². The molecule has 0 N–H and O–H groups in total. The Morgan fingerprint density at radius 2 is 0.479 bits per heavy atom. The SMILES string of the molecule is CCCCCOc1cc2c(cc1OCCC)c1cc(OCCCCC)c(OCCC)cc1c1cc(OCCCCC)c(OCCC)cc21. The number of rotatable bonds is 24. The minimum Gasteiger partial charge on any atom is -0.490 e. The molecule has 0 spiro atoms. The molecule has 4 rings (SSSR count). The summed E-state index contributed by atoms with van der Waals surface area (Å²) in [5.74, 6) is 4.66. The molecule has 0 aliphatic carbocycles. The van der Waals surface area contributed by atoms with Crippen LogP contribution in [0.15, 0.2) is 36.4 Å². The Bertz CT molecular complexity index is 1350. The van der Waals surface area contributed by atoms with E-state index in [1.165, 1.54) is 0 Å². The van der Waals surface area contributed by atoms with Gasteiger partial charge in [-0.1, -0.05) is 80.1 Å². The van der Waals surface area contributed by atoms with Crippen molar-refractivity contribution in [2.45, 2.75) is 119 Å². The molecule has 0 aromatic heterocycles. The van der Waals surface area contributed by atoms with E-state index in [1.54, 1.807) is 0 Å². The number of unbranched alkanes of at least 4 members (excludes halogenated alkanes) is 6. The molecule has 0 aliphatic rings. The van der Waals surface area contributed by atoms with Crippen molar-refractivity contribution in [2.75, 3.05) is 39.6 Å². The van der Waals surface area contributed by atoms with Crippen molar-refractivity contribution in [2.24, 2.45) is 0 Å². The quantitative estimate of drug-likeness (QED) is 0.0551. The van der Waals surface area contributed by atoms with Crippen molar-refractivity contribution >= 4 is 32.3 Å². The number of hydrogen-bond donors (Lipinski definition) is 0. The van der Waals surface area contributed by atoms with E-state index >= 15 is 0 Å². The first kappa shape index (κ1) is 37.3. The van der Waals surface area contributed by atoms with Crippen LogP contribution in [0, 0.1) is 0 Å². The molecule has 6 heteroatoms. The van der Waals surface area contributed by atoms with Gasteiger partial charge in [0.05, 0.1) is 39.6 Å². The zero-order chi connectivity index (χ0) is 34.1. The van der Waals surface area contributed by atoms with Crippen LogP contribution in [0.4, 0.5) is 0 Å². The maximum atomic E-state index is 6.44. The van der Waals surface area contributed by atoms with Crippen LogP contribution >= 0.6 is 0 Å². The van der Waals surface area contributed by atoms with E-state index in [4.69, 9.17) is 28.4 Å². The van der Waals surface area contributed by atoms with E-state index in [1.807, 2.05) is 0 Å². The minimum atomic E-state index is 0.622. The summed E-state index contributed by atoms with van der Waals surface area (Å²) in [5, 5.41) is 6.52. The highest BCUT2D eigenvalue weighted by Crippen LogP contribution is 2.47. The first-order chi connectivity index (χ1) is 23.6. The summed E-state index contributed by atoms with van der Waals surface area (Å²) in [5.41, 5.74) is 0. The van der Waals surface area contributed by atoms with E-state index in [0.717, 1.165) is 144 Å². The van der Waals surface area contributed by atoms with Gasteiger partial charge in [-0.3, -0.25) is 0 Å². The highest BCUT2D eigenvalue weighted by molar-refractivity contribution is 6.26. The Labute approximate surface area is 289 Å². The molecule has 264 valence electrons. The molecule has 4 aromatic rings. The van der Waals surface area contributed by atoms with E-state index < -0.39 is 0 Å². The summed E-state index contributed by atoms with van der Waals surface area (Å²) >= 11 is 0. The fraction of sp³-hybridized carbons (Fsp3) is 0.571. The molecular formula is C42H60O6. The van der Waals surface area contributed by atoms with Crippen molar-refractivity contribution in [3.63, 3.8) is 0 Å². The van der Waals surface area contributed by atoms with E-state index in [0.29, 0.717) is 39.6 Å². The minimum absolute atomic E-state index is 0.622. The summed E-state index contributed by atoms with van der Waals surface area (Å²) in [6, 6.07) is 13.0. The summed E-state index contributed by atoms with van der Waals surface area (Å²) in [4.78, 5) is 0. The van der Waals surface area contributed by atoms with Crippen LogP contribution < -0.4 is 28.4 Å². The molecular weight excluding hydrogens is 600 g/mol. The lowest BCUT2D eigenvalue weighted by Crippen LogP contribution is -2.04. The van der Waals surface area contributed by atoms with Crippen molar-refractivity contribution in [1.29, 1.82) is 0 Å². The monoisotopic (exact) mass is 660 g/mol. The van der Waals surface area contributed by atoms with Gasteiger partial charge in [-0.05, 0) is 107 Å². The Morgan fingerprint density at radius 1 is 0.271 bits per heavy atom. The summed E-state index contributed by atoms with van der Waals surface area (Å²) in [7, 11) is 0. The number of fused-ring (bicyclic) bond motifs is 6. The van der Waals surface area contributed by atoms with Crippen LogP contribution in [-0.4, -0.2) is 39.6 Å². The van der Waals surface area contributed by atoms with Gasteiger partial charge in [0.2, 0.25) is 0 Å². The lowest BCUT2D eigenvalue weighted by molar-refractivity contribution is 0.264. The molecule has 0 fully saturated rings. The maximum absolute atomic E-state index is 6.44. The molecule has 0 heterocycles. The second-order valence-electron chi connectivity index (χ2n) is 12.7. The topological polar surface area (TPSA) is 55.4 Å². The standard InChI is InChI=1S/C42H60O6/c1-7-13-16-22-46-40-28-34-31(25-37(40)43-19-10-4)35-29-41(47-23-17-14-8-2)39(45-21-12-6)27-33(35)36-30-42(48-24-18-15-9-3)38(26-32(34)36)44-20-11-5/h25-30H,7-24H2,1-6H3.